The van der Waals surface area contributed by atoms with E-state index >= 15 is 0 Å². The molecular weight excluding hydrogens is 426 g/mol. The van der Waals surface area contributed by atoms with Crippen LogP contribution in [0.4, 0.5) is 11.4 Å². The zero-order chi connectivity index (χ0) is 23.5. The minimum absolute atomic E-state index is 0.351. The van der Waals surface area contributed by atoms with Gasteiger partial charge in [0.15, 0.2) is 6.10 Å². The van der Waals surface area contributed by atoms with E-state index in [1.807, 2.05) is 24.3 Å². The molecule has 0 bridgehead atoms. The number of benzene rings is 1. The normalized spacial score (nSPS) is 24.3. The molecule has 0 radical (unpaired) electrons. The molecule has 3 amide bonds. The van der Waals surface area contributed by atoms with Gasteiger partial charge < -0.3 is 19.7 Å². The molecule has 2 heterocycles. The molecule has 2 aliphatic heterocycles. The van der Waals surface area contributed by atoms with Gasteiger partial charge in [0.25, 0.3) is 5.91 Å². The first-order valence-electron chi connectivity index (χ1n) is 11.3. The number of nitrogens with one attached hydrogen (secondary N) is 1. The van der Waals surface area contributed by atoms with Gasteiger partial charge in [0.1, 0.15) is 6.04 Å². The fourth-order valence-corrected chi connectivity index (χ4v) is 4.46. The van der Waals surface area contributed by atoms with Crippen molar-refractivity contribution in [1.29, 1.82) is 0 Å². The fourth-order valence-electron chi connectivity index (χ4n) is 4.46. The summed E-state index contributed by atoms with van der Waals surface area (Å²) in [6, 6.07) is 6.32. The van der Waals surface area contributed by atoms with Crippen molar-refractivity contribution in [1.82, 2.24) is 4.90 Å². The first-order valence-corrected chi connectivity index (χ1v) is 11.3. The van der Waals surface area contributed by atoms with Gasteiger partial charge >= 0.3 is 5.97 Å². The Hall–Kier alpha value is -3.20. The van der Waals surface area contributed by atoms with Gasteiger partial charge in [0, 0.05) is 24.5 Å². The maximum absolute atomic E-state index is 12.7. The lowest BCUT2D eigenvalue weighted by Gasteiger charge is -2.29. The van der Waals surface area contributed by atoms with Gasteiger partial charge in [-0.05, 0) is 51.0 Å². The summed E-state index contributed by atoms with van der Waals surface area (Å²) >= 11 is 0. The van der Waals surface area contributed by atoms with Gasteiger partial charge in [-0.15, -0.1) is 0 Å². The van der Waals surface area contributed by atoms with Crippen LogP contribution < -0.4 is 10.2 Å². The number of esters is 1. The van der Waals surface area contributed by atoms with Crippen LogP contribution in [0.3, 0.4) is 0 Å². The highest BCUT2D eigenvalue weighted by atomic mass is 16.5. The maximum Gasteiger partial charge on any atom is 0.329 e. The van der Waals surface area contributed by atoms with Crippen molar-refractivity contribution in [3.05, 3.63) is 36.4 Å². The molecule has 4 rings (SSSR count). The smallest absolute Gasteiger partial charge is 0.329 e. The third-order valence-corrected chi connectivity index (χ3v) is 6.44. The van der Waals surface area contributed by atoms with Crippen LogP contribution in [-0.2, 0) is 28.7 Å². The average molecular weight is 456 g/mol. The SMILES string of the molecule is C[C@H](C(=O)O[C@H](C)C(=O)Nc1ccc(N2CCOCC2)cc1)N1C(=O)[C@H]2CC=CC[C@H]2C1=O. The Morgan fingerprint density at radius 2 is 1.58 bits per heavy atom. The van der Waals surface area contributed by atoms with Crippen molar-refractivity contribution < 1.29 is 28.7 Å². The molecule has 33 heavy (non-hydrogen) atoms. The van der Waals surface area contributed by atoms with Crippen molar-refractivity contribution in [2.75, 3.05) is 36.5 Å². The Labute approximate surface area is 192 Å². The second-order valence-electron chi connectivity index (χ2n) is 8.59. The van der Waals surface area contributed by atoms with Crippen molar-refractivity contribution in [3.8, 4) is 0 Å². The number of likely N-dealkylation sites (tertiary alicyclic amines) is 1. The van der Waals surface area contributed by atoms with Crippen LogP contribution in [0.1, 0.15) is 26.7 Å². The summed E-state index contributed by atoms with van der Waals surface area (Å²) in [5.41, 5.74) is 1.62. The second-order valence-corrected chi connectivity index (χ2v) is 8.59. The van der Waals surface area contributed by atoms with Crippen LogP contribution >= 0.6 is 0 Å². The highest BCUT2D eigenvalue weighted by Crippen LogP contribution is 2.36. The molecule has 3 aliphatic rings. The standard InChI is InChI=1S/C24H29N3O6/c1-15(27-22(29)19-5-3-4-6-20(19)23(27)30)24(31)33-16(2)21(28)25-17-7-9-18(10-8-17)26-11-13-32-14-12-26/h3-4,7-10,15-16,19-20H,5-6,11-14H2,1-2H3,(H,25,28)/t15-,16-,19-,20+/m1/s1. The van der Waals surface area contributed by atoms with E-state index < -0.39 is 35.9 Å². The second kappa shape index (κ2) is 9.74. The number of anilines is 2. The van der Waals surface area contributed by atoms with Crippen LogP contribution in [0.5, 0.6) is 0 Å². The number of morpholine rings is 1. The summed E-state index contributed by atoms with van der Waals surface area (Å²) < 4.78 is 10.7. The zero-order valence-corrected chi connectivity index (χ0v) is 18.9. The van der Waals surface area contributed by atoms with Gasteiger partial charge in [-0.25, -0.2) is 4.79 Å². The van der Waals surface area contributed by atoms with Crippen LogP contribution in [0.15, 0.2) is 36.4 Å². The van der Waals surface area contributed by atoms with E-state index in [9.17, 15) is 19.2 Å². The predicted molar refractivity (Wildman–Crippen MR) is 120 cm³/mol. The molecule has 1 N–H and O–H groups in total. The minimum Gasteiger partial charge on any atom is -0.451 e. The monoisotopic (exact) mass is 455 g/mol. The summed E-state index contributed by atoms with van der Waals surface area (Å²) in [5, 5.41) is 2.73. The topological polar surface area (TPSA) is 105 Å². The van der Waals surface area contributed by atoms with E-state index in [0.29, 0.717) is 31.7 Å². The van der Waals surface area contributed by atoms with E-state index in [4.69, 9.17) is 9.47 Å². The Bertz CT molecular complexity index is 927. The lowest BCUT2D eigenvalue weighted by atomic mass is 9.85. The highest BCUT2D eigenvalue weighted by Gasteiger charge is 2.50. The number of carbonyl (C=O) groups is 4. The van der Waals surface area contributed by atoms with Gasteiger partial charge in [-0.2, -0.15) is 0 Å². The summed E-state index contributed by atoms with van der Waals surface area (Å²) in [5.74, 6) is -2.81. The van der Waals surface area contributed by atoms with Crippen LogP contribution in [0.2, 0.25) is 0 Å². The van der Waals surface area contributed by atoms with E-state index in [0.717, 1.165) is 23.7 Å². The third kappa shape index (κ3) is 4.78. The molecule has 176 valence electrons. The third-order valence-electron chi connectivity index (χ3n) is 6.44. The number of allylic oxidation sites excluding steroid dienone is 2. The average Bonchev–Trinajstić information content (AvgIpc) is 3.09. The molecule has 0 unspecified atom stereocenters. The van der Waals surface area contributed by atoms with Crippen LogP contribution in [0.25, 0.3) is 0 Å². The summed E-state index contributed by atoms with van der Waals surface area (Å²) in [4.78, 5) is 53.7. The van der Waals surface area contributed by atoms with Crippen molar-refractivity contribution in [3.63, 3.8) is 0 Å². The highest BCUT2D eigenvalue weighted by molar-refractivity contribution is 6.08. The van der Waals surface area contributed by atoms with E-state index in [1.54, 1.807) is 12.1 Å². The molecule has 1 aromatic rings. The van der Waals surface area contributed by atoms with Gasteiger partial charge in [0.05, 0.1) is 25.0 Å². The summed E-state index contributed by atoms with van der Waals surface area (Å²) in [6.07, 6.45) is 3.68. The van der Waals surface area contributed by atoms with E-state index in [-0.39, 0.29) is 11.8 Å². The molecular formula is C24H29N3O6. The number of hydrogen-bond donors (Lipinski definition) is 1. The van der Waals surface area contributed by atoms with Gasteiger partial charge in [-0.1, -0.05) is 12.2 Å². The summed E-state index contributed by atoms with van der Waals surface area (Å²) in [7, 11) is 0. The number of hydrogen-bond acceptors (Lipinski definition) is 7. The number of amides is 3. The molecule has 0 saturated carbocycles. The number of imide groups is 1. The summed E-state index contributed by atoms with van der Waals surface area (Å²) in [6.45, 7) is 5.92. The molecule has 0 spiro atoms. The predicted octanol–water partition coefficient (Wildman–Crippen LogP) is 1.73. The number of carbonyl (C=O) groups excluding carboxylic acids is 4. The Morgan fingerprint density at radius 3 is 2.15 bits per heavy atom. The number of rotatable bonds is 6. The number of nitrogens with zero attached hydrogens (tertiary/aromatic N) is 2. The fraction of sp³-hybridized carbons (Fsp3) is 0.500. The minimum atomic E-state index is -1.09. The Balaban J connectivity index is 1.31. The zero-order valence-electron chi connectivity index (χ0n) is 18.9. The van der Waals surface area contributed by atoms with Crippen molar-refractivity contribution >= 4 is 35.1 Å². The van der Waals surface area contributed by atoms with Gasteiger partial charge in [0.2, 0.25) is 11.8 Å². The Kier molecular flexibility index (Phi) is 6.78. The quantitative estimate of drug-likeness (QED) is 0.396. The molecule has 2 saturated heterocycles. The van der Waals surface area contributed by atoms with Crippen LogP contribution in [0, 0.1) is 11.8 Å². The van der Waals surface area contributed by atoms with Crippen molar-refractivity contribution in [2.24, 2.45) is 11.8 Å². The first-order chi connectivity index (χ1) is 15.9. The van der Waals surface area contributed by atoms with Crippen LogP contribution in [-0.4, -0.2) is 67.0 Å². The molecule has 1 aromatic carbocycles. The molecule has 9 heteroatoms. The lowest BCUT2D eigenvalue weighted by Crippen LogP contribution is -2.46. The van der Waals surface area contributed by atoms with E-state index in [1.165, 1.54) is 13.8 Å². The van der Waals surface area contributed by atoms with E-state index in [2.05, 4.69) is 10.2 Å². The lowest BCUT2D eigenvalue weighted by molar-refractivity contribution is -0.163. The molecule has 4 atom stereocenters. The molecule has 0 aromatic heterocycles. The first kappa shape index (κ1) is 23.0. The number of fused-ring (bicyclic) bond motifs is 1. The molecule has 9 nitrogen and oxygen atoms in total. The van der Waals surface area contributed by atoms with Crippen molar-refractivity contribution in [2.45, 2.75) is 38.8 Å². The maximum atomic E-state index is 12.7. The van der Waals surface area contributed by atoms with Gasteiger partial charge in [-0.3, -0.25) is 19.3 Å². The largest absolute Gasteiger partial charge is 0.451 e. The Morgan fingerprint density at radius 1 is 1.00 bits per heavy atom. The number of ether oxygens (including phenoxy) is 2. The molecule has 1 aliphatic carbocycles. The molecule has 2 fully saturated rings.